The summed E-state index contributed by atoms with van der Waals surface area (Å²) < 4.78 is 0. The molecule has 1 heterocycles. The highest BCUT2D eigenvalue weighted by Crippen LogP contribution is 2.38. The van der Waals surface area contributed by atoms with E-state index in [0.29, 0.717) is 6.54 Å². The smallest absolute Gasteiger partial charge is 0.239 e. The fourth-order valence-electron chi connectivity index (χ4n) is 1.88. The molecule has 1 aromatic carbocycles. The second kappa shape index (κ2) is 4.47. The van der Waals surface area contributed by atoms with Crippen LogP contribution in [0, 0.1) is 0 Å². The molecule has 1 amide bonds. The lowest BCUT2D eigenvalue weighted by Crippen LogP contribution is -2.36. The normalized spacial score (nSPS) is 19.8. The summed E-state index contributed by atoms with van der Waals surface area (Å²) >= 11 is 1.63. The molecule has 1 aromatic rings. The average Bonchev–Trinajstić information content (AvgIpc) is 2.26. The van der Waals surface area contributed by atoms with Gasteiger partial charge < -0.3 is 10.6 Å². The number of benzene rings is 1. The van der Waals surface area contributed by atoms with Crippen molar-refractivity contribution in [2.75, 3.05) is 18.5 Å². The number of carbonyl (C=O) groups excluding carboxylic acids is 1. The first kappa shape index (κ1) is 11.5. The van der Waals surface area contributed by atoms with Crippen molar-refractivity contribution < 1.29 is 4.79 Å². The molecular weight excluding hydrogens is 220 g/mol. The van der Waals surface area contributed by atoms with E-state index in [9.17, 15) is 4.79 Å². The van der Waals surface area contributed by atoms with Crippen LogP contribution in [0.2, 0.25) is 0 Å². The zero-order valence-corrected chi connectivity index (χ0v) is 10.4. The van der Waals surface area contributed by atoms with Crippen LogP contribution in [-0.2, 0) is 11.2 Å². The Balaban J connectivity index is 2.37. The summed E-state index contributed by atoms with van der Waals surface area (Å²) in [4.78, 5) is 14.7. The summed E-state index contributed by atoms with van der Waals surface area (Å²) in [5.74, 6) is 0.170. The van der Waals surface area contributed by atoms with E-state index in [1.54, 1.807) is 16.7 Å². The van der Waals surface area contributed by atoms with Gasteiger partial charge in [-0.3, -0.25) is 4.79 Å². The zero-order chi connectivity index (χ0) is 11.7. The van der Waals surface area contributed by atoms with E-state index in [0.717, 1.165) is 12.1 Å². The summed E-state index contributed by atoms with van der Waals surface area (Å²) in [6.07, 6.45) is 0.889. The van der Waals surface area contributed by atoms with Gasteiger partial charge in [-0.25, -0.2) is 0 Å². The molecule has 86 valence electrons. The Kier molecular flexibility index (Phi) is 3.21. The molecule has 1 aliphatic heterocycles. The Morgan fingerprint density at radius 2 is 2.25 bits per heavy atom. The molecule has 2 rings (SSSR count). The van der Waals surface area contributed by atoms with E-state index in [4.69, 9.17) is 5.73 Å². The molecule has 1 unspecified atom stereocenters. The molecule has 0 saturated heterocycles. The van der Waals surface area contributed by atoms with Gasteiger partial charge in [0.1, 0.15) is 0 Å². The predicted molar refractivity (Wildman–Crippen MR) is 67.9 cm³/mol. The van der Waals surface area contributed by atoms with E-state index < -0.39 is 0 Å². The van der Waals surface area contributed by atoms with Crippen molar-refractivity contribution in [1.82, 2.24) is 0 Å². The number of hydrogen-bond donors (Lipinski definition) is 1. The summed E-state index contributed by atoms with van der Waals surface area (Å²) in [5, 5.41) is 0.00521. The van der Waals surface area contributed by atoms with Crippen molar-refractivity contribution in [2.24, 2.45) is 5.73 Å². The van der Waals surface area contributed by atoms with Gasteiger partial charge in [-0.05, 0) is 37.6 Å². The minimum Gasteiger partial charge on any atom is -0.330 e. The first-order valence-electron chi connectivity index (χ1n) is 5.40. The molecular formula is C12H16N2OS. The van der Waals surface area contributed by atoms with Crippen molar-refractivity contribution in [2.45, 2.75) is 23.5 Å². The quantitative estimate of drug-likeness (QED) is 0.849. The highest BCUT2D eigenvalue weighted by atomic mass is 32.2. The summed E-state index contributed by atoms with van der Waals surface area (Å²) in [6, 6.07) is 6.20. The number of anilines is 1. The lowest BCUT2D eigenvalue weighted by molar-refractivity contribution is -0.117. The second-order valence-corrected chi connectivity index (χ2v) is 5.38. The number of amides is 1. The van der Waals surface area contributed by atoms with Crippen LogP contribution in [0.1, 0.15) is 12.5 Å². The predicted octanol–water partition coefficient (Wildman–Crippen LogP) is 1.64. The topological polar surface area (TPSA) is 46.3 Å². The maximum Gasteiger partial charge on any atom is 0.239 e. The van der Waals surface area contributed by atoms with Crippen molar-refractivity contribution in [3.05, 3.63) is 23.8 Å². The molecule has 2 N–H and O–H groups in total. The number of thioether (sulfide) groups is 1. The second-order valence-electron chi connectivity index (χ2n) is 4.00. The van der Waals surface area contributed by atoms with Crippen LogP contribution in [0.15, 0.2) is 23.1 Å². The number of fused-ring (bicyclic) bond motifs is 1. The summed E-state index contributed by atoms with van der Waals surface area (Å²) in [6.45, 7) is 2.61. The maximum absolute atomic E-state index is 11.8. The van der Waals surface area contributed by atoms with Gasteiger partial charge in [0, 0.05) is 11.9 Å². The third-order valence-corrected chi connectivity index (χ3v) is 3.94. The Morgan fingerprint density at radius 3 is 2.94 bits per heavy atom. The molecule has 1 aliphatic rings. The van der Waals surface area contributed by atoms with Crippen LogP contribution >= 0.6 is 11.8 Å². The molecule has 0 aromatic heterocycles. The van der Waals surface area contributed by atoms with Gasteiger partial charge in [0.05, 0.1) is 10.9 Å². The number of rotatable bonds is 2. The summed E-state index contributed by atoms with van der Waals surface area (Å²) in [5.41, 5.74) is 7.79. The van der Waals surface area contributed by atoms with Gasteiger partial charge >= 0.3 is 0 Å². The first-order valence-corrected chi connectivity index (χ1v) is 6.28. The fraction of sp³-hybridized carbons (Fsp3) is 0.417. The molecule has 0 fully saturated rings. The number of hydrogen-bond acceptors (Lipinski definition) is 3. The Labute approximate surface area is 100.0 Å². The average molecular weight is 236 g/mol. The Hall–Kier alpha value is -1.00. The van der Waals surface area contributed by atoms with Crippen LogP contribution in [0.3, 0.4) is 0 Å². The van der Waals surface area contributed by atoms with E-state index in [1.165, 1.54) is 10.5 Å². The van der Waals surface area contributed by atoms with Gasteiger partial charge in [-0.2, -0.15) is 0 Å². The fourth-order valence-corrected chi connectivity index (χ4v) is 3.07. The lowest BCUT2D eigenvalue weighted by atomic mass is 10.1. The first-order chi connectivity index (χ1) is 7.63. The third kappa shape index (κ3) is 1.95. The Bertz CT molecular complexity index is 419. The lowest BCUT2D eigenvalue weighted by Gasteiger charge is -2.29. The van der Waals surface area contributed by atoms with Crippen molar-refractivity contribution in [1.29, 1.82) is 0 Å². The van der Waals surface area contributed by atoms with Gasteiger partial charge in [0.25, 0.3) is 0 Å². The molecule has 0 spiro atoms. The zero-order valence-electron chi connectivity index (χ0n) is 9.56. The molecule has 4 heteroatoms. The third-order valence-electron chi connectivity index (χ3n) is 2.80. The van der Waals surface area contributed by atoms with E-state index in [1.807, 2.05) is 26.1 Å². The van der Waals surface area contributed by atoms with E-state index in [2.05, 4.69) is 6.07 Å². The van der Waals surface area contributed by atoms with Crippen molar-refractivity contribution in [3.63, 3.8) is 0 Å². The highest BCUT2D eigenvalue weighted by molar-refractivity contribution is 8.00. The molecule has 3 nitrogen and oxygen atoms in total. The summed E-state index contributed by atoms with van der Waals surface area (Å²) in [7, 11) is 1.83. The van der Waals surface area contributed by atoms with Crippen molar-refractivity contribution in [3.8, 4) is 0 Å². The molecule has 0 bridgehead atoms. The van der Waals surface area contributed by atoms with E-state index >= 15 is 0 Å². The molecule has 16 heavy (non-hydrogen) atoms. The van der Waals surface area contributed by atoms with E-state index in [-0.39, 0.29) is 11.2 Å². The van der Waals surface area contributed by atoms with Crippen molar-refractivity contribution >= 4 is 23.4 Å². The monoisotopic (exact) mass is 236 g/mol. The van der Waals surface area contributed by atoms with Gasteiger partial charge in [0.15, 0.2) is 0 Å². The molecule has 0 radical (unpaired) electrons. The maximum atomic E-state index is 11.8. The van der Waals surface area contributed by atoms with Gasteiger partial charge in [-0.1, -0.05) is 6.07 Å². The SMILES string of the molecule is CC1Sc2cc(CCN)ccc2N(C)C1=O. The Morgan fingerprint density at radius 1 is 1.50 bits per heavy atom. The number of nitrogens with zero attached hydrogens (tertiary/aromatic N) is 1. The minimum atomic E-state index is 0.00521. The van der Waals surface area contributed by atoms with Gasteiger partial charge in [-0.15, -0.1) is 11.8 Å². The van der Waals surface area contributed by atoms with Crippen LogP contribution in [0.5, 0.6) is 0 Å². The van der Waals surface area contributed by atoms with Crippen LogP contribution < -0.4 is 10.6 Å². The van der Waals surface area contributed by atoms with Crippen LogP contribution in [0.25, 0.3) is 0 Å². The highest BCUT2D eigenvalue weighted by Gasteiger charge is 2.27. The molecule has 1 atom stereocenters. The molecule has 0 saturated carbocycles. The molecule has 0 aliphatic carbocycles. The van der Waals surface area contributed by atoms with Crippen LogP contribution in [-0.4, -0.2) is 24.7 Å². The van der Waals surface area contributed by atoms with Gasteiger partial charge in [0.2, 0.25) is 5.91 Å². The standard InChI is InChI=1S/C12H16N2OS/c1-8-12(15)14(2)10-4-3-9(5-6-13)7-11(10)16-8/h3-4,7-8H,5-6,13H2,1-2H3. The minimum absolute atomic E-state index is 0.00521. The van der Waals surface area contributed by atoms with Crippen LogP contribution in [0.4, 0.5) is 5.69 Å². The number of nitrogens with two attached hydrogens (primary N) is 1. The largest absolute Gasteiger partial charge is 0.330 e. The number of carbonyl (C=O) groups is 1.